The van der Waals surface area contributed by atoms with Crippen molar-refractivity contribution in [2.75, 3.05) is 0 Å². The highest BCUT2D eigenvalue weighted by Crippen LogP contribution is 2.44. The second kappa shape index (κ2) is 9.33. The van der Waals surface area contributed by atoms with Gasteiger partial charge in [0.2, 0.25) is 0 Å². The van der Waals surface area contributed by atoms with E-state index in [1.54, 1.807) is 6.92 Å². The summed E-state index contributed by atoms with van der Waals surface area (Å²) >= 11 is 0. The van der Waals surface area contributed by atoms with Crippen molar-refractivity contribution >= 4 is 5.78 Å². The average Bonchev–Trinajstić information content (AvgIpc) is 2.64. The molecule has 1 heterocycles. The molecule has 0 saturated heterocycles. The number of phenolic OH excluding ortho intramolecular Hbond substituents is 1. The lowest BCUT2D eigenvalue weighted by Gasteiger charge is -2.38. The van der Waals surface area contributed by atoms with Crippen LogP contribution in [-0.4, -0.2) is 16.5 Å². The summed E-state index contributed by atoms with van der Waals surface area (Å²) in [4.78, 5) is 11.3. The Balaban J connectivity index is 1.87. The molecule has 0 amide bonds. The van der Waals surface area contributed by atoms with Crippen LogP contribution < -0.4 is 4.74 Å². The second-order valence-corrected chi connectivity index (χ2v) is 9.52. The fourth-order valence-corrected chi connectivity index (χ4v) is 4.42. The van der Waals surface area contributed by atoms with Gasteiger partial charge < -0.3 is 9.84 Å². The smallest absolute Gasteiger partial charge is 0.132 e. The zero-order valence-electron chi connectivity index (χ0n) is 19.1. The van der Waals surface area contributed by atoms with Crippen molar-refractivity contribution in [3.8, 4) is 11.5 Å². The quantitative estimate of drug-likeness (QED) is 0.518. The lowest BCUT2D eigenvalue weighted by atomic mass is 9.84. The molecule has 3 heteroatoms. The van der Waals surface area contributed by atoms with Crippen molar-refractivity contribution in [3.63, 3.8) is 0 Å². The van der Waals surface area contributed by atoms with Crippen LogP contribution in [-0.2, 0) is 11.2 Å². The van der Waals surface area contributed by atoms with Gasteiger partial charge in [0.15, 0.2) is 0 Å². The summed E-state index contributed by atoms with van der Waals surface area (Å²) in [6.45, 7) is 14.3. The number of ketones is 1. The molecule has 3 nitrogen and oxygen atoms in total. The molecule has 0 radical (unpaired) electrons. The third-order valence-corrected chi connectivity index (χ3v) is 7.02. The van der Waals surface area contributed by atoms with Gasteiger partial charge in [0, 0.05) is 11.5 Å². The number of Topliss-reactive ketones (excluding diaryl/α,β-unsaturated/α-hetero) is 1. The van der Waals surface area contributed by atoms with Gasteiger partial charge in [-0.3, -0.25) is 4.79 Å². The molecule has 158 valence electrons. The fraction of sp³-hybridized carbons (Fsp3) is 0.720. The molecular weight excluding hydrogens is 348 g/mol. The van der Waals surface area contributed by atoms with Gasteiger partial charge in [-0.15, -0.1) is 0 Å². The molecular formula is C25H40O3. The number of rotatable bonds is 9. The summed E-state index contributed by atoms with van der Waals surface area (Å²) in [6, 6.07) is 0. The first-order valence-electron chi connectivity index (χ1n) is 11.1. The maximum absolute atomic E-state index is 11.3. The van der Waals surface area contributed by atoms with Crippen LogP contribution in [0.25, 0.3) is 0 Å². The highest BCUT2D eigenvalue weighted by atomic mass is 16.5. The van der Waals surface area contributed by atoms with E-state index in [1.807, 2.05) is 20.8 Å². The van der Waals surface area contributed by atoms with Gasteiger partial charge in [0.25, 0.3) is 0 Å². The Morgan fingerprint density at radius 3 is 2.36 bits per heavy atom. The van der Waals surface area contributed by atoms with Crippen LogP contribution in [0.15, 0.2) is 0 Å². The van der Waals surface area contributed by atoms with Crippen LogP contribution in [0.5, 0.6) is 11.5 Å². The molecule has 0 bridgehead atoms. The van der Waals surface area contributed by atoms with Gasteiger partial charge >= 0.3 is 0 Å². The summed E-state index contributed by atoms with van der Waals surface area (Å²) in [7, 11) is 0. The molecule has 1 aliphatic rings. The first-order valence-corrected chi connectivity index (χ1v) is 11.1. The Hall–Kier alpha value is -1.51. The number of hydrogen-bond donors (Lipinski definition) is 1. The van der Waals surface area contributed by atoms with Crippen molar-refractivity contribution < 1.29 is 14.6 Å². The molecule has 0 spiro atoms. The predicted molar refractivity (Wildman–Crippen MR) is 116 cm³/mol. The Morgan fingerprint density at radius 2 is 1.71 bits per heavy atom. The number of carbonyl (C=O) groups excluding carboxylic acids is 1. The summed E-state index contributed by atoms with van der Waals surface area (Å²) in [5.41, 5.74) is 4.07. The molecule has 0 saturated carbocycles. The van der Waals surface area contributed by atoms with E-state index in [9.17, 15) is 9.90 Å². The van der Waals surface area contributed by atoms with E-state index in [0.717, 1.165) is 54.5 Å². The molecule has 0 aromatic heterocycles. The number of fused-ring (bicyclic) bond motifs is 1. The number of phenols is 1. The number of aromatic hydroxyl groups is 1. The van der Waals surface area contributed by atoms with E-state index in [0.29, 0.717) is 17.5 Å². The van der Waals surface area contributed by atoms with Crippen LogP contribution in [0.3, 0.4) is 0 Å². The predicted octanol–water partition coefficient (Wildman–Crippen LogP) is 6.60. The minimum atomic E-state index is -0.115. The summed E-state index contributed by atoms with van der Waals surface area (Å²) in [6.07, 6.45) is 8.80. The average molecular weight is 389 g/mol. The lowest BCUT2D eigenvalue weighted by molar-refractivity contribution is -0.120. The number of hydrogen-bond acceptors (Lipinski definition) is 3. The Morgan fingerprint density at radius 1 is 1.07 bits per heavy atom. The molecule has 0 aliphatic carbocycles. The fourth-order valence-electron chi connectivity index (χ4n) is 4.42. The molecule has 1 aliphatic heterocycles. The Labute approximate surface area is 171 Å². The summed E-state index contributed by atoms with van der Waals surface area (Å²) < 4.78 is 6.54. The topological polar surface area (TPSA) is 46.5 Å². The number of benzene rings is 1. The van der Waals surface area contributed by atoms with Gasteiger partial charge in [-0.25, -0.2) is 0 Å². The maximum Gasteiger partial charge on any atom is 0.132 e. The van der Waals surface area contributed by atoms with Crippen molar-refractivity contribution in [3.05, 3.63) is 22.3 Å². The monoisotopic (exact) mass is 388 g/mol. The summed E-state index contributed by atoms with van der Waals surface area (Å²) in [5.74, 6) is 2.65. The van der Waals surface area contributed by atoms with Gasteiger partial charge in [-0.1, -0.05) is 33.1 Å². The SMILES string of the molecule is CC(=O)[C@@H](C)CCC[C@@H](C)CCC[C@]1(C)CCc2c(C)c(O)c(C)c(C)c2O1. The zero-order valence-corrected chi connectivity index (χ0v) is 19.1. The first-order chi connectivity index (χ1) is 13.1. The van der Waals surface area contributed by atoms with Crippen LogP contribution >= 0.6 is 0 Å². The number of ether oxygens (including phenoxy) is 1. The van der Waals surface area contributed by atoms with Crippen LogP contribution in [0, 0.1) is 32.6 Å². The van der Waals surface area contributed by atoms with E-state index >= 15 is 0 Å². The minimum absolute atomic E-state index is 0.115. The van der Waals surface area contributed by atoms with E-state index in [2.05, 4.69) is 20.8 Å². The van der Waals surface area contributed by atoms with E-state index in [4.69, 9.17) is 4.74 Å². The minimum Gasteiger partial charge on any atom is -0.507 e. The third-order valence-electron chi connectivity index (χ3n) is 7.02. The molecule has 3 atom stereocenters. The van der Waals surface area contributed by atoms with Gasteiger partial charge in [-0.2, -0.15) is 0 Å². The van der Waals surface area contributed by atoms with E-state index < -0.39 is 0 Å². The lowest BCUT2D eigenvalue weighted by Crippen LogP contribution is -2.37. The number of carbonyl (C=O) groups is 1. The van der Waals surface area contributed by atoms with Crippen molar-refractivity contribution in [1.29, 1.82) is 0 Å². The van der Waals surface area contributed by atoms with Gasteiger partial charge in [0.05, 0.1) is 0 Å². The maximum atomic E-state index is 11.3. The normalized spacial score (nSPS) is 21.0. The van der Waals surface area contributed by atoms with E-state index in [1.165, 1.54) is 24.8 Å². The standard InChI is InChI=1S/C25H40O3/c1-16(10-8-12-17(2)21(6)26)11-9-14-25(7)15-13-22-20(5)23(27)18(3)19(4)24(22)28-25/h16-17,27H,8-15H2,1-7H3/t16-,17+,25-/m1/s1. The molecule has 1 aromatic rings. The molecule has 0 fully saturated rings. The molecule has 0 unspecified atom stereocenters. The van der Waals surface area contributed by atoms with Crippen molar-refractivity contribution in [2.45, 2.75) is 105 Å². The van der Waals surface area contributed by atoms with Gasteiger partial charge in [-0.05, 0) is 89.3 Å². The summed E-state index contributed by atoms with van der Waals surface area (Å²) in [5, 5.41) is 10.3. The molecule has 1 N–H and O–H groups in total. The highest BCUT2D eigenvalue weighted by Gasteiger charge is 2.34. The third kappa shape index (κ3) is 5.30. The van der Waals surface area contributed by atoms with Crippen molar-refractivity contribution in [2.24, 2.45) is 11.8 Å². The van der Waals surface area contributed by atoms with Crippen LogP contribution in [0.2, 0.25) is 0 Å². The van der Waals surface area contributed by atoms with Crippen LogP contribution in [0.4, 0.5) is 0 Å². The Kier molecular flexibility index (Phi) is 7.59. The molecule has 1 aromatic carbocycles. The second-order valence-electron chi connectivity index (χ2n) is 9.52. The largest absolute Gasteiger partial charge is 0.507 e. The zero-order chi connectivity index (χ0) is 21.1. The van der Waals surface area contributed by atoms with Crippen LogP contribution in [0.1, 0.15) is 94.9 Å². The van der Waals surface area contributed by atoms with Crippen molar-refractivity contribution in [1.82, 2.24) is 0 Å². The first kappa shape index (κ1) is 22.8. The van der Waals surface area contributed by atoms with E-state index in [-0.39, 0.29) is 11.5 Å². The Bertz CT molecular complexity index is 706. The molecule has 2 rings (SSSR count). The highest BCUT2D eigenvalue weighted by molar-refractivity contribution is 5.77. The molecule has 28 heavy (non-hydrogen) atoms. The van der Waals surface area contributed by atoms with Gasteiger partial charge in [0.1, 0.15) is 22.9 Å².